The van der Waals surface area contributed by atoms with Gasteiger partial charge < -0.3 is 10.6 Å². The average Bonchev–Trinajstić information content (AvgIpc) is 3.13. The molecule has 0 spiro atoms. The first-order valence-corrected chi connectivity index (χ1v) is 11.9. The topological polar surface area (TPSA) is 71.1 Å². The van der Waals surface area contributed by atoms with Crippen molar-refractivity contribution in [2.45, 2.75) is 44.9 Å². The molecule has 0 saturated heterocycles. The van der Waals surface area contributed by atoms with Gasteiger partial charge in [0.05, 0.1) is 6.54 Å². The van der Waals surface area contributed by atoms with Crippen LogP contribution in [0.3, 0.4) is 0 Å². The predicted octanol–water partition coefficient (Wildman–Crippen LogP) is 4.66. The average molecular weight is 444 g/mol. The van der Waals surface area contributed by atoms with E-state index in [2.05, 4.69) is 15.6 Å². The molecule has 30 heavy (non-hydrogen) atoms. The summed E-state index contributed by atoms with van der Waals surface area (Å²) >= 11 is 7.65. The number of aromatic nitrogens is 1. The fourth-order valence-corrected chi connectivity index (χ4v) is 7.23. The highest BCUT2D eigenvalue weighted by Gasteiger charge is 2.54. The second-order valence-corrected chi connectivity index (χ2v) is 10.9. The number of nitrogens with one attached hydrogen (secondary N) is 2. The summed E-state index contributed by atoms with van der Waals surface area (Å²) in [4.78, 5) is 30.7. The Morgan fingerprint density at radius 3 is 2.43 bits per heavy atom. The number of nitrogens with zero attached hydrogens (tertiary/aromatic N) is 1. The van der Waals surface area contributed by atoms with Crippen LogP contribution in [0.4, 0.5) is 5.13 Å². The Balaban J connectivity index is 1.14. The fraction of sp³-hybridized carbons (Fsp3) is 0.522. The zero-order valence-corrected chi connectivity index (χ0v) is 18.4. The summed E-state index contributed by atoms with van der Waals surface area (Å²) in [5.74, 6) is 1.98. The van der Waals surface area contributed by atoms with Gasteiger partial charge in [-0.05, 0) is 67.9 Å². The monoisotopic (exact) mass is 443 g/mol. The van der Waals surface area contributed by atoms with Gasteiger partial charge in [-0.25, -0.2) is 4.98 Å². The van der Waals surface area contributed by atoms with Crippen LogP contribution in [0.25, 0.3) is 0 Å². The molecule has 5 nitrogen and oxygen atoms in total. The largest absolute Gasteiger partial charge is 0.347 e. The minimum absolute atomic E-state index is 0.0000100. The van der Waals surface area contributed by atoms with E-state index in [1.165, 1.54) is 30.6 Å². The Kier molecular flexibility index (Phi) is 5.31. The second kappa shape index (κ2) is 7.97. The van der Waals surface area contributed by atoms with Gasteiger partial charge >= 0.3 is 0 Å². The van der Waals surface area contributed by atoms with Crippen LogP contribution >= 0.6 is 22.9 Å². The van der Waals surface area contributed by atoms with Gasteiger partial charge in [-0.2, -0.15) is 0 Å². The van der Waals surface area contributed by atoms with Crippen LogP contribution in [0.2, 0.25) is 5.02 Å². The maximum Gasteiger partial charge on any atom is 0.245 e. The number of rotatable bonds is 6. The number of anilines is 1. The van der Waals surface area contributed by atoms with E-state index in [4.69, 9.17) is 11.6 Å². The molecule has 0 radical (unpaired) electrons. The van der Waals surface area contributed by atoms with Crippen LogP contribution in [0, 0.1) is 23.2 Å². The predicted molar refractivity (Wildman–Crippen MR) is 119 cm³/mol. The lowest BCUT2D eigenvalue weighted by Crippen LogP contribution is -2.54. The molecule has 4 fully saturated rings. The summed E-state index contributed by atoms with van der Waals surface area (Å²) in [5, 5.41) is 7.01. The Morgan fingerprint density at radius 1 is 1.10 bits per heavy atom. The third-order valence-electron chi connectivity index (χ3n) is 7.05. The van der Waals surface area contributed by atoms with Crippen LogP contribution in [0.15, 0.2) is 30.5 Å². The normalized spacial score (nSPS) is 29.0. The standard InChI is InChI=1S/C23H26ClN3O2S/c24-19-4-2-1-3-17(19)8-18-12-26-22(30-18)27-20(28)13-25-21(29)23-9-14-5-15(10-23)7-16(6-14)11-23/h1-4,12,14-16H,5-11,13H2,(H,25,29)(H,26,27,28). The minimum atomic E-state index is -0.230. The van der Waals surface area contributed by atoms with Crippen molar-refractivity contribution < 1.29 is 9.59 Å². The zero-order valence-electron chi connectivity index (χ0n) is 16.8. The van der Waals surface area contributed by atoms with E-state index in [1.54, 1.807) is 6.20 Å². The van der Waals surface area contributed by atoms with Gasteiger partial charge in [0, 0.05) is 27.9 Å². The summed E-state index contributed by atoms with van der Waals surface area (Å²) in [6.07, 6.45) is 9.35. The number of carbonyl (C=O) groups excluding carboxylic acids is 2. The summed E-state index contributed by atoms with van der Waals surface area (Å²) in [6, 6.07) is 7.71. The van der Waals surface area contributed by atoms with Gasteiger partial charge in [-0.15, -0.1) is 11.3 Å². The van der Waals surface area contributed by atoms with Gasteiger partial charge in [-0.3, -0.25) is 9.59 Å². The third kappa shape index (κ3) is 4.00. The first-order valence-electron chi connectivity index (χ1n) is 10.8. The molecule has 2 N–H and O–H groups in total. The van der Waals surface area contributed by atoms with Gasteiger partial charge in [0.2, 0.25) is 11.8 Å². The molecule has 4 aliphatic carbocycles. The Morgan fingerprint density at radius 2 is 1.77 bits per heavy atom. The molecule has 0 atom stereocenters. The van der Waals surface area contributed by atoms with Gasteiger partial charge in [0.15, 0.2) is 5.13 Å². The molecule has 1 heterocycles. The summed E-state index contributed by atoms with van der Waals surface area (Å²) < 4.78 is 0. The number of carbonyl (C=O) groups is 2. The van der Waals surface area contributed by atoms with Crippen molar-refractivity contribution in [1.29, 1.82) is 0 Å². The summed E-state index contributed by atoms with van der Waals surface area (Å²) in [7, 11) is 0. The van der Waals surface area contributed by atoms with Crippen LogP contribution in [-0.2, 0) is 16.0 Å². The highest BCUT2D eigenvalue weighted by molar-refractivity contribution is 7.15. The molecule has 4 bridgehead atoms. The highest BCUT2D eigenvalue weighted by Crippen LogP contribution is 2.60. The molecule has 1 aromatic heterocycles. The maximum atomic E-state index is 13.0. The SMILES string of the molecule is O=C(CNC(=O)C12CC3CC(CC(C3)C1)C2)Nc1ncc(Cc2ccccc2Cl)s1. The summed E-state index contributed by atoms with van der Waals surface area (Å²) in [5.41, 5.74) is 0.807. The molecule has 4 saturated carbocycles. The van der Waals surface area contributed by atoms with E-state index in [0.717, 1.165) is 34.7 Å². The lowest BCUT2D eigenvalue weighted by molar-refractivity contribution is -0.146. The van der Waals surface area contributed by atoms with E-state index in [-0.39, 0.29) is 23.8 Å². The van der Waals surface area contributed by atoms with E-state index < -0.39 is 0 Å². The molecule has 1 aromatic carbocycles. The smallest absolute Gasteiger partial charge is 0.245 e. The first-order chi connectivity index (χ1) is 14.5. The number of thiazole rings is 1. The first kappa shape index (κ1) is 20.0. The van der Waals surface area contributed by atoms with Crippen molar-refractivity contribution in [3.05, 3.63) is 45.9 Å². The van der Waals surface area contributed by atoms with Crippen molar-refractivity contribution in [2.75, 3.05) is 11.9 Å². The van der Waals surface area contributed by atoms with E-state index in [9.17, 15) is 9.59 Å². The van der Waals surface area contributed by atoms with E-state index in [1.807, 2.05) is 24.3 Å². The molecule has 7 heteroatoms. The minimum Gasteiger partial charge on any atom is -0.347 e. The fourth-order valence-electron chi connectivity index (χ4n) is 6.18. The molecule has 6 rings (SSSR count). The van der Waals surface area contributed by atoms with Crippen molar-refractivity contribution in [1.82, 2.24) is 10.3 Å². The van der Waals surface area contributed by atoms with Crippen LogP contribution in [0.5, 0.6) is 0 Å². The zero-order chi connectivity index (χ0) is 20.7. The number of hydrogen-bond acceptors (Lipinski definition) is 4. The molecular formula is C23H26ClN3O2S. The second-order valence-electron chi connectivity index (χ2n) is 9.33. The van der Waals surface area contributed by atoms with Crippen molar-refractivity contribution in [3.8, 4) is 0 Å². The van der Waals surface area contributed by atoms with Crippen molar-refractivity contribution in [2.24, 2.45) is 23.2 Å². The molecular weight excluding hydrogens is 418 g/mol. The third-order valence-corrected chi connectivity index (χ3v) is 8.33. The number of amides is 2. The molecule has 0 aliphatic heterocycles. The van der Waals surface area contributed by atoms with Crippen LogP contribution in [-0.4, -0.2) is 23.3 Å². The van der Waals surface area contributed by atoms with Crippen LogP contribution in [0.1, 0.15) is 49.0 Å². The molecule has 0 unspecified atom stereocenters. The molecule has 2 aromatic rings. The Bertz CT molecular complexity index is 938. The van der Waals surface area contributed by atoms with Crippen molar-refractivity contribution in [3.63, 3.8) is 0 Å². The van der Waals surface area contributed by atoms with Gasteiger partial charge in [-0.1, -0.05) is 29.8 Å². The number of hydrogen-bond donors (Lipinski definition) is 2. The lowest BCUT2D eigenvalue weighted by Gasteiger charge is -2.55. The molecule has 4 aliphatic rings. The highest BCUT2D eigenvalue weighted by atomic mass is 35.5. The lowest BCUT2D eigenvalue weighted by atomic mass is 9.49. The number of halogens is 1. The van der Waals surface area contributed by atoms with E-state index >= 15 is 0 Å². The van der Waals surface area contributed by atoms with E-state index in [0.29, 0.717) is 29.3 Å². The van der Waals surface area contributed by atoms with Gasteiger partial charge in [0.25, 0.3) is 0 Å². The number of benzene rings is 1. The quantitative estimate of drug-likeness (QED) is 0.682. The molecule has 158 valence electrons. The molecule has 2 amide bonds. The maximum absolute atomic E-state index is 13.0. The Hall–Kier alpha value is -1.92. The van der Waals surface area contributed by atoms with Gasteiger partial charge in [0.1, 0.15) is 0 Å². The van der Waals surface area contributed by atoms with Crippen LogP contribution < -0.4 is 10.6 Å². The van der Waals surface area contributed by atoms with Crippen molar-refractivity contribution >= 4 is 39.9 Å². The summed E-state index contributed by atoms with van der Waals surface area (Å²) in [6.45, 7) is 0.0000100. The Labute approximate surface area is 185 Å².